The summed E-state index contributed by atoms with van der Waals surface area (Å²) in [5, 5.41) is 50.2. The van der Waals surface area contributed by atoms with Crippen molar-refractivity contribution in [1.29, 1.82) is 0 Å². The quantitative estimate of drug-likeness (QED) is 0.0179. The van der Waals surface area contributed by atoms with Crippen LogP contribution in [0.3, 0.4) is 0 Å². The van der Waals surface area contributed by atoms with Gasteiger partial charge < -0.3 is 39.4 Å². The number of aliphatic hydroxyl groups is 4. The van der Waals surface area contributed by atoms with Crippen molar-refractivity contribution in [3.63, 3.8) is 0 Å². The van der Waals surface area contributed by atoms with Crippen LogP contribution in [0.1, 0.15) is 312 Å². The fraction of sp³-hybridized carbons (Fsp3) is 0.435. The van der Waals surface area contributed by atoms with Crippen molar-refractivity contribution in [2.75, 3.05) is 0 Å². The van der Waals surface area contributed by atoms with Crippen molar-refractivity contribution in [1.82, 2.24) is 19.9 Å². The SMILES string of the molecule is CCC(C)(C)C(=O)C=C(O)C(C)(C)CC.CCC(C)(C)C(=O)C=C(O)C(C)(C)CC.CCC(C)(C)C(=O)C=C(O)C(C)(C)CC.CCC(C)(C)C(=O)C=C(O)C(C)(C)CC.Cc1[c-]c(Oc2nccc3c(-c4ccccc4)csc23)cc(C)c1.Cc1[c-]c(Oc2nccc3sc(C(C)C)cc23)cc(C)c1.Cc1[c-]c(Oc2nccc3scc(C(C)C)c23)cc(C)c1.Cc1[c-]c(Oc2nccc3sccc23)cc(C)c1.[Ir].[Ir].[Ir].[Ir]. The molecule has 0 saturated carbocycles. The first-order valence-electron chi connectivity index (χ1n) is 50.2. The van der Waals surface area contributed by atoms with Crippen LogP contribution in [-0.4, -0.2) is 63.5 Å². The zero-order valence-electron chi connectivity index (χ0n) is 93.9. The molecule has 0 fully saturated rings. The maximum absolute atomic E-state index is 11.8. The number of aromatic nitrogens is 4. The Balaban J connectivity index is 0.000000574. The van der Waals surface area contributed by atoms with E-state index in [1.165, 1.54) is 82.0 Å². The van der Waals surface area contributed by atoms with Crippen molar-refractivity contribution in [2.45, 2.75) is 312 Å². The zero-order chi connectivity index (χ0) is 108. The minimum absolute atomic E-state index is 0. The Bertz CT molecular complexity index is 6290. The van der Waals surface area contributed by atoms with Gasteiger partial charge in [-0.1, -0.05) is 280 Å². The van der Waals surface area contributed by atoms with E-state index in [1.807, 2.05) is 267 Å². The molecule has 24 heteroatoms. The monoisotopic (exact) mass is 2800 g/mol. The van der Waals surface area contributed by atoms with Crippen LogP contribution < -0.4 is 18.9 Å². The number of fused-ring (bicyclic) bond motifs is 4. The van der Waals surface area contributed by atoms with Crippen LogP contribution in [0.5, 0.6) is 46.5 Å². The summed E-state index contributed by atoms with van der Waals surface area (Å²) in [5.74, 6) is 7.27. The van der Waals surface area contributed by atoms with E-state index in [0.717, 1.165) is 117 Å². The van der Waals surface area contributed by atoms with Crippen LogP contribution >= 0.6 is 45.3 Å². The van der Waals surface area contributed by atoms with Crippen molar-refractivity contribution in [2.24, 2.45) is 43.3 Å². The molecule has 4 N–H and O–H groups in total. The molecule has 0 aliphatic heterocycles. The van der Waals surface area contributed by atoms with E-state index in [1.54, 1.807) is 70.1 Å². The Morgan fingerprint density at radius 2 is 0.649 bits per heavy atom. The second kappa shape index (κ2) is 60.6. The molecule has 0 bridgehead atoms. The molecule has 0 unspecified atom stereocenters. The van der Waals surface area contributed by atoms with Gasteiger partial charge in [-0.15, -0.1) is 93.9 Å². The molecule has 0 saturated heterocycles. The summed E-state index contributed by atoms with van der Waals surface area (Å²) in [4.78, 5) is 66.3. The second-order valence-corrected chi connectivity index (χ2v) is 46.7. The van der Waals surface area contributed by atoms with Gasteiger partial charge in [0.2, 0.25) is 23.5 Å². The summed E-state index contributed by atoms with van der Waals surface area (Å²) in [5.41, 5.74) is 9.93. The number of carbonyl (C=O) groups is 4. The fourth-order valence-electron chi connectivity index (χ4n) is 13.1. The molecule has 8 aromatic heterocycles. The molecule has 0 atom stereocenters. The van der Waals surface area contributed by atoms with E-state index in [0.29, 0.717) is 41.1 Å². The number of hydrogen-bond donors (Lipinski definition) is 4. The van der Waals surface area contributed by atoms with E-state index in [4.69, 9.17) is 18.9 Å². The van der Waals surface area contributed by atoms with Gasteiger partial charge in [-0.3, -0.25) is 19.2 Å². The number of thiophene rings is 4. The summed E-state index contributed by atoms with van der Waals surface area (Å²) in [6.45, 7) is 71.7. The number of aliphatic hydroxyl groups excluding tert-OH is 4. The third-order valence-electron chi connectivity index (χ3n) is 26.9. The van der Waals surface area contributed by atoms with Gasteiger partial charge in [-0.05, 0) is 121 Å². The Morgan fingerprint density at radius 3 is 0.986 bits per heavy atom. The number of allylic oxidation sites excluding steroid dienone is 8. The molecular weight excluding hydrogens is 2630 g/mol. The topological polar surface area (TPSA) is 238 Å². The average molecular weight is 2800 g/mol. The standard InChI is InChI=1S/C21H16NOS.2C18H18NOS.C15H12NOS.4C13H24O2.4Ir/c1-14-10-15(2)12-17(11-14)23-21-20-18(8-9-22-21)19(13-24-20)16-6-4-3-5-7-16;1-11(2)17-10-15-16(21-17)5-6-19-18(15)20-14-8-12(3)7-13(4)9-14;1-11(2)15-10-21-16-5-6-19-18(17(15)16)20-14-8-12(3)7-13(4)9-14;1-10-7-11(2)9-12(8-10)17-15-13-4-6-18-14(13)3-5-16-15;4*1-7-12(3,4)10(14)9-11(15)13(5,6)8-2;;;;/h3-11,13H,1-2H3;2*5-8,10-11H,1-4H3;3-8H,1-2H3;4*9,14H,7-8H2,1-6H3;;;;/q4*-1;;;;;;;;. The predicted octanol–water partition coefficient (Wildman–Crippen LogP) is 37.4. The number of nitrogens with zero attached hydrogens (tertiary/aromatic N) is 4. The van der Waals surface area contributed by atoms with Crippen LogP contribution in [0.2, 0.25) is 0 Å². The third kappa shape index (κ3) is 40.3. The molecule has 13 aromatic rings. The van der Waals surface area contributed by atoms with Crippen LogP contribution in [0.25, 0.3) is 51.5 Å². The van der Waals surface area contributed by atoms with E-state index in [-0.39, 0.29) is 170 Å². The average Bonchev–Trinajstić information content (AvgIpc) is 1.49. The normalized spacial score (nSPS) is 12.0. The van der Waals surface area contributed by atoms with Crippen LogP contribution in [0.4, 0.5) is 0 Å². The van der Waals surface area contributed by atoms with E-state index < -0.39 is 0 Å². The van der Waals surface area contributed by atoms with Crippen LogP contribution in [0, 0.1) is 123 Å². The molecule has 0 amide bonds. The molecule has 16 nitrogen and oxygen atoms in total. The number of aryl methyl sites for hydroxylation is 8. The van der Waals surface area contributed by atoms with E-state index >= 15 is 0 Å². The molecule has 148 heavy (non-hydrogen) atoms. The first-order chi connectivity index (χ1) is 67.2. The molecule has 5 aromatic carbocycles. The molecule has 0 spiro atoms. The Labute approximate surface area is 955 Å². The van der Waals surface area contributed by atoms with Crippen molar-refractivity contribution in [3.05, 3.63) is 283 Å². The predicted molar refractivity (Wildman–Crippen MR) is 607 cm³/mol. The van der Waals surface area contributed by atoms with Gasteiger partial charge in [0.25, 0.3) is 0 Å². The summed E-state index contributed by atoms with van der Waals surface area (Å²) in [6, 6.07) is 51.9. The number of benzene rings is 5. The Morgan fingerprint density at radius 1 is 0.338 bits per heavy atom. The largest absolute Gasteiger partial charge is 0.512 e. The minimum atomic E-state index is -0.377. The van der Waals surface area contributed by atoms with Crippen molar-refractivity contribution >= 4 is 109 Å². The molecule has 0 aliphatic rings. The summed E-state index contributed by atoms with van der Waals surface area (Å²) in [6.07, 6.45) is 19.2. The minimum Gasteiger partial charge on any atom is -0.512 e. The van der Waals surface area contributed by atoms with Gasteiger partial charge >= 0.3 is 0 Å². The Kier molecular flexibility index (Phi) is 55.4. The second-order valence-electron chi connectivity index (χ2n) is 42.8. The Hall–Kier alpha value is -8.82. The van der Waals surface area contributed by atoms with Gasteiger partial charge in [0, 0.05) is 231 Å². The fourth-order valence-corrected chi connectivity index (χ4v) is 17.1. The summed E-state index contributed by atoms with van der Waals surface area (Å²) in [7, 11) is 0. The molecule has 812 valence electrons. The van der Waals surface area contributed by atoms with Gasteiger partial charge in [0.1, 0.15) is 23.0 Å². The van der Waals surface area contributed by atoms with Crippen LogP contribution in [0.15, 0.2) is 204 Å². The van der Waals surface area contributed by atoms with Crippen molar-refractivity contribution < 1.29 is 139 Å². The number of rotatable bonds is 31. The molecule has 4 radical (unpaired) electrons. The first kappa shape index (κ1) is 135. The molecular formula is C124H160Ir4N4O12S4-4. The summed E-state index contributed by atoms with van der Waals surface area (Å²) < 4.78 is 28.6. The summed E-state index contributed by atoms with van der Waals surface area (Å²) >= 11 is 6.90. The van der Waals surface area contributed by atoms with Crippen molar-refractivity contribution in [3.8, 4) is 57.6 Å². The maximum atomic E-state index is 11.8. The number of carbonyl (C=O) groups excluding carboxylic acids is 4. The number of pyridine rings is 4. The molecule has 13 rings (SSSR count). The number of ketones is 4. The number of ether oxygens (including phenoxy) is 4. The van der Waals surface area contributed by atoms with Gasteiger partial charge in [0.15, 0.2) is 23.1 Å². The third-order valence-corrected chi connectivity index (χ3v) is 31.1. The molecule has 8 heterocycles. The number of hydrogen-bond acceptors (Lipinski definition) is 20. The smallest absolute Gasteiger partial charge is 0.235 e. The van der Waals surface area contributed by atoms with Gasteiger partial charge in [0.05, 0.1) is 20.9 Å². The van der Waals surface area contributed by atoms with E-state index in [9.17, 15) is 39.6 Å². The van der Waals surface area contributed by atoms with Crippen LogP contribution in [-0.2, 0) is 99.6 Å². The van der Waals surface area contributed by atoms with Gasteiger partial charge in [-0.25, -0.2) is 19.9 Å². The molecule has 0 aliphatic carbocycles. The first-order valence-corrected chi connectivity index (χ1v) is 53.7. The maximum Gasteiger partial charge on any atom is 0.235 e. The zero-order valence-corrected chi connectivity index (χ0v) is 107. The van der Waals surface area contributed by atoms with Gasteiger partial charge in [-0.2, -0.15) is 68.8 Å². The van der Waals surface area contributed by atoms with E-state index in [2.05, 4.69) is 158 Å².